The Labute approximate surface area is 356 Å². The van der Waals surface area contributed by atoms with Crippen LogP contribution in [0.3, 0.4) is 0 Å². The summed E-state index contributed by atoms with van der Waals surface area (Å²) in [4.78, 5) is 25.5. The maximum atomic E-state index is 12.9. The fraction of sp³-hybridized carbons (Fsp3) is 0.294. The van der Waals surface area contributed by atoms with Gasteiger partial charge in [-0.2, -0.15) is 10.2 Å². The predicted octanol–water partition coefficient (Wildman–Crippen LogP) is 9.54. The van der Waals surface area contributed by atoms with E-state index in [1.807, 2.05) is 36.4 Å². The maximum absolute atomic E-state index is 12.9. The van der Waals surface area contributed by atoms with Gasteiger partial charge in [-0.05, 0) is 72.2 Å². The SMILES string of the molecule is COc1ccc(C2(c3ccccc3)C=Cc3c(C(=O)C4CC4)n[nH]c3C2)cc1OC.COc1ccc(C2(c3ccccc3)C=Cc3c(C(=O)C4CCC4)n[nH]c3C2)cc1OC. The van der Waals surface area contributed by atoms with E-state index in [-0.39, 0.29) is 23.4 Å². The number of carbonyl (C=O) groups is 2. The highest BCUT2D eigenvalue weighted by atomic mass is 16.5. The van der Waals surface area contributed by atoms with Gasteiger partial charge in [-0.1, -0.05) is 104 Å². The topological polar surface area (TPSA) is 128 Å². The van der Waals surface area contributed by atoms with Crippen molar-refractivity contribution in [3.8, 4) is 23.0 Å². The van der Waals surface area contributed by atoms with Gasteiger partial charge in [-0.25, -0.2) is 0 Å². The van der Waals surface area contributed by atoms with Gasteiger partial charge in [0.1, 0.15) is 11.4 Å². The number of H-pyrrole nitrogens is 2. The molecule has 2 heterocycles. The molecule has 6 aromatic rings. The molecule has 2 saturated carbocycles. The third-order valence-electron chi connectivity index (χ3n) is 13.0. The van der Waals surface area contributed by atoms with Crippen LogP contribution in [0.5, 0.6) is 23.0 Å². The molecule has 0 amide bonds. The molecule has 0 bridgehead atoms. The fourth-order valence-corrected chi connectivity index (χ4v) is 9.13. The molecule has 2 unspecified atom stereocenters. The van der Waals surface area contributed by atoms with Crippen LogP contribution >= 0.6 is 0 Å². The van der Waals surface area contributed by atoms with Gasteiger partial charge in [0.05, 0.1) is 28.4 Å². The Balaban J connectivity index is 0.000000156. The number of hydrogen-bond acceptors (Lipinski definition) is 8. The summed E-state index contributed by atoms with van der Waals surface area (Å²) in [5.74, 6) is 3.40. The van der Waals surface area contributed by atoms with Crippen LogP contribution in [0.1, 0.15) is 97.8 Å². The Morgan fingerprint density at radius 2 is 0.934 bits per heavy atom. The van der Waals surface area contributed by atoms with Crippen molar-refractivity contribution in [1.29, 1.82) is 0 Å². The first-order valence-corrected chi connectivity index (χ1v) is 21.0. The summed E-state index contributed by atoms with van der Waals surface area (Å²) in [5.41, 5.74) is 8.73. The molecule has 2 atom stereocenters. The van der Waals surface area contributed by atoms with E-state index in [2.05, 4.69) is 105 Å². The number of aromatic nitrogens is 4. The van der Waals surface area contributed by atoms with E-state index in [4.69, 9.17) is 18.9 Å². The number of fused-ring (bicyclic) bond motifs is 2. The number of nitrogens with zero attached hydrogens (tertiary/aromatic N) is 2. The zero-order valence-electron chi connectivity index (χ0n) is 35.0. The van der Waals surface area contributed by atoms with E-state index in [0.29, 0.717) is 47.2 Å². The summed E-state index contributed by atoms with van der Waals surface area (Å²) in [6.45, 7) is 0. The van der Waals surface area contributed by atoms with Crippen LogP contribution in [-0.4, -0.2) is 60.4 Å². The molecule has 10 nitrogen and oxygen atoms in total. The molecular formula is C51H50N4O6. The number of benzene rings is 4. The molecule has 10 rings (SSSR count). The quantitative estimate of drug-likeness (QED) is 0.117. The highest BCUT2D eigenvalue weighted by molar-refractivity contribution is 6.01. The molecule has 10 heteroatoms. The molecule has 310 valence electrons. The van der Waals surface area contributed by atoms with Gasteiger partial charge in [-0.3, -0.25) is 19.8 Å². The second kappa shape index (κ2) is 16.4. The van der Waals surface area contributed by atoms with Gasteiger partial charge in [-0.15, -0.1) is 0 Å². The normalized spacial score (nSPS) is 20.0. The average Bonchev–Trinajstić information content (AvgIpc) is 3.94. The molecule has 2 fully saturated rings. The molecule has 2 N–H and O–H groups in total. The average molecular weight is 815 g/mol. The number of aromatic amines is 2. The summed E-state index contributed by atoms with van der Waals surface area (Å²) in [7, 11) is 6.58. The minimum atomic E-state index is -0.406. The molecule has 0 spiro atoms. The Kier molecular flexibility index (Phi) is 10.7. The highest BCUT2D eigenvalue weighted by Crippen LogP contribution is 2.47. The molecule has 0 radical (unpaired) electrons. The number of allylic oxidation sites excluding steroid dienone is 2. The lowest BCUT2D eigenvalue weighted by atomic mass is 9.68. The second-order valence-corrected chi connectivity index (χ2v) is 16.4. The molecule has 4 aliphatic rings. The lowest BCUT2D eigenvalue weighted by molar-refractivity contribution is 0.0849. The van der Waals surface area contributed by atoms with Crippen molar-refractivity contribution >= 4 is 23.7 Å². The summed E-state index contributed by atoms with van der Waals surface area (Å²) in [5, 5.41) is 15.2. The maximum Gasteiger partial charge on any atom is 0.186 e. The van der Waals surface area contributed by atoms with Gasteiger partial charge < -0.3 is 18.9 Å². The van der Waals surface area contributed by atoms with E-state index in [1.165, 1.54) is 11.1 Å². The molecular weight excluding hydrogens is 765 g/mol. The number of rotatable bonds is 12. The zero-order valence-corrected chi connectivity index (χ0v) is 35.0. The van der Waals surface area contributed by atoms with Gasteiger partial charge in [0, 0.05) is 58.0 Å². The van der Waals surface area contributed by atoms with Crippen LogP contribution in [0, 0.1) is 11.8 Å². The fourth-order valence-electron chi connectivity index (χ4n) is 9.13. The number of methoxy groups -OCH3 is 4. The Morgan fingerprint density at radius 1 is 0.525 bits per heavy atom. The van der Waals surface area contributed by atoms with E-state index >= 15 is 0 Å². The summed E-state index contributed by atoms with van der Waals surface area (Å²) in [6.07, 6.45) is 14.9. The van der Waals surface area contributed by atoms with E-state index in [0.717, 1.165) is 65.7 Å². The summed E-state index contributed by atoms with van der Waals surface area (Å²) >= 11 is 0. The number of Topliss-reactive ketones (excluding diaryl/α,β-unsaturated/α-hetero) is 2. The van der Waals surface area contributed by atoms with Crippen molar-refractivity contribution in [1.82, 2.24) is 20.4 Å². The predicted molar refractivity (Wildman–Crippen MR) is 235 cm³/mol. The molecule has 61 heavy (non-hydrogen) atoms. The lowest BCUT2D eigenvalue weighted by Gasteiger charge is -2.35. The van der Waals surface area contributed by atoms with Crippen molar-refractivity contribution in [2.24, 2.45) is 11.8 Å². The monoisotopic (exact) mass is 814 g/mol. The second-order valence-electron chi connectivity index (χ2n) is 16.4. The van der Waals surface area contributed by atoms with E-state index < -0.39 is 10.8 Å². The Hall–Kier alpha value is -6.68. The third-order valence-corrected chi connectivity index (χ3v) is 13.0. The number of nitrogens with one attached hydrogen (secondary N) is 2. The van der Waals surface area contributed by atoms with Gasteiger partial charge in [0.25, 0.3) is 0 Å². The largest absolute Gasteiger partial charge is 0.493 e. The van der Waals surface area contributed by atoms with Crippen LogP contribution in [0.15, 0.2) is 109 Å². The van der Waals surface area contributed by atoms with E-state index in [1.54, 1.807) is 28.4 Å². The smallest absolute Gasteiger partial charge is 0.186 e. The molecule has 2 aromatic heterocycles. The first-order valence-electron chi connectivity index (χ1n) is 21.0. The molecule has 0 aliphatic heterocycles. The van der Waals surface area contributed by atoms with E-state index in [9.17, 15) is 9.59 Å². The minimum Gasteiger partial charge on any atom is -0.493 e. The van der Waals surface area contributed by atoms with Gasteiger partial charge in [0.2, 0.25) is 0 Å². The molecule has 4 aliphatic carbocycles. The van der Waals surface area contributed by atoms with Crippen LogP contribution in [0.4, 0.5) is 0 Å². The van der Waals surface area contributed by atoms with Crippen molar-refractivity contribution < 1.29 is 28.5 Å². The van der Waals surface area contributed by atoms with Crippen molar-refractivity contribution in [2.75, 3.05) is 28.4 Å². The lowest BCUT2D eigenvalue weighted by Crippen LogP contribution is -2.31. The molecule has 0 saturated heterocycles. The standard InChI is InChI=1S/C26H26N2O3.C25H24N2O3/c1-30-22-12-11-19(15-23(22)31-2)26(18-9-4-3-5-10-18)14-13-20-21(16-26)27-28-24(20)25(29)17-7-6-8-17;1-29-21-11-10-18(14-22(21)30-2)25(17-6-4-3-5-7-17)13-12-19-20(15-25)26-27-23(19)24(28)16-8-9-16/h3-5,9-15,17H,6-8,16H2,1-2H3,(H,27,28);3-7,10-14,16H,8-9,15H2,1-2H3,(H,26,27). The number of ketones is 2. The Bertz CT molecular complexity index is 2640. The first-order chi connectivity index (χ1) is 29.8. The van der Waals surface area contributed by atoms with Gasteiger partial charge >= 0.3 is 0 Å². The van der Waals surface area contributed by atoms with Gasteiger partial charge in [0.15, 0.2) is 34.6 Å². The first kappa shape index (κ1) is 39.8. The summed E-state index contributed by atoms with van der Waals surface area (Å²) < 4.78 is 22.0. The van der Waals surface area contributed by atoms with Crippen molar-refractivity contribution in [2.45, 2.75) is 55.8 Å². The number of hydrogen-bond donors (Lipinski definition) is 2. The molecule has 4 aromatic carbocycles. The minimum absolute atomic E-state index is 0.132. The van der Waals surface area contributed by atoms with Crippen molar-refractivity contribution in [3.63, 3.8) is 0 Å². The Morgan fingerprint density at radius 3 is 1.30 bits per heavy atom. The summed E-state index contributed by atoms with van der Waals surface area (Å²) in [6, 6.07) is 32.9. The van der Waals surface area contributed by atoms with Crippen LogP contribution in [-0.2, 0) is 23.7 Å². The van der Waals surface area contributed by atoms with Crippen LogP contribution < -0.4 is 18.9 Å². The van der Waals surface area contributed by atoms with Crippen molar-refractivity contribution in [3.05, 3.63) is 165 Å². The number of ether oxygens (including phenoxy) is 4. The zero-order chi connectivity index (χ0) is 42.1. The highest BCUT2D eigenvalue weighted by Gasteiger charge is 2.41. The number of carbonyl (C=O) groups excluding carboxylic acids is 2. The van der Waals surface area contributed by atoms with Crippen LogP contribution in [0.2, 0.25) is 0 Å². The van der Waals surface area contributed by atoms with Crippen LogP contribution in [0.25, 0.3) is 12.2 Å². The third kappa shape index (κ3) is 7.13.